The van der Waals surface area contributed by atoms with Crippen molar-refractivity contribution in [3.63, 3.8) is 0 Å². The Balaban J connectivity index is 2.44. The molecule has 18 heavy (non-hydrogen) atoms. The summed E-state index contributed by atoms with van der Waals surface area (Å²) in [5.41, 5.74) is -0.0635. The van der Waals surface area contributed by atoms with Crippen LogP contribution < -0.4 is 10.1 Å². The Kier molecular flexibility index (Phi) is 5.10. The molecule has 6 heteroatoms. The number of carbonyl (C=O) groups is 2. The normalized spacial score (nSPS) is 11.7. The van der Waals surface area contributed by atoms with Gasteiger partial charge < -0.3 is 15.2 Å². The summed E-state index contributed by atoms with van der Waals surface area (Å²) >= 11 is 0. The van der Waals surface area contributed by atoms with Crippen LogP contribution in [0.2, 0.25) is 0 Å². The van der Waals surface area contributed by atoms with Crippen LogP contribution >= 0.6 is 0 Å². The smallest absolute Gasteiger partial charge is 0.354 e. The summed E-state index contributed by atoms with van der Waals surface area (Å²) in [5.74, 6) is -0.956. The Morgan fingerprint density at radius 3 is 2.72 bits per heavy atom. The second-order valence-corrected chi connectivity index (χ2v) is 3.85. The molecular formula is C12H16N2O4. The van der Waals surface area contributed by atoms with Crippen LogP contribution in [-0.4, -0.2) is 34.6 Å². The van der Waals surface area contributed by atoms with Gasteiger partial charge in [-0.1, -0.05) is 6.92 Å². The van der Waals surface area contributed by atoms with E-state index in [0.29, 0.717) is 5.75 Å². The van der Waals surface area contributed by atoms with E-state index < -0.39 is 5.97 Å². The van der Waals surface area contributed by atoms with Crippen LogP contribution in [0.3, 0.4) is 0 Å². The number of amides is 1. The molecule has 98 valence electrons. The quantitative estimate of drug-likeness (QED) is 0.790. The third kappa shape index (κ3) is 4.40. The molecule has 0 aromatic carbocycles. The highest BCUT2D eigenvalue weighted by atomic mass is 16.5. The molecule has 0 aliphatic rings. The summed E-state index contributed by atoms with van der Waals surface area (Å²) in [4.78, 5) is 25.7. The van der Waals surface area contributed by atoms with E-state index >= 15 is 0 Å². The van der Waals surface area contributed by atoms with Gasteiger partial charge in [0, 0.05) is 6.04 Å². The molecular weight excluding hydrogens is 236 g/mol. The molecule has 0 saturated carbocycles. The fourth-order valence-corrected chi connectivity index (χ4v) is 1.16. The molecule has 1 heterocycles. The van der Waals surface area contributed by atoms with Crippen molar-refractivity contribution in [1.82, 2.24) is 10.3 Å². The number of carboxylic acid groups (broad SMARTS) is 1. The molecule has 0 aliphatic carbocycles. The van der Waals surface area contributed by atoms with Crippen LogP contribution in [0.4, 0.5) is 0 Å². The molecule has 1 aromatic heterocycles. The summed E-state index contributed by atoms with van der Waals surface area (Å²) < 4.78 is 5.18. The van der Waals surface area contributed by atoms with Gasteiger partial charge in [0.05, 0.1) is 6.20 Å². The van der Waals surface area contributed by atoms with Gasteiger partial charge in [-0.15, -0.1) is 0 Å². The topological polar surface area (TPSA) is 88.5 Å². The molecule has 6 nitrogen and oxygen atoms in total. The number of pyridine rings is 1. The number of carbonyl (C=O) groups excluding carboxylic acids is 1. The van der Waals surface area contributed by atoms with E-state index in [2.05, 4.69) is 10.3 Å². The summed E-state index contributed by atoms with van der Waals surface area (Å²) in [6, 6.07) is 2.89. The lowest BCUT2D eigenvalue weighted by molar-refractivity contribution is -0.123. The van der Waals surface area contributed by atoms with Crippen LogP contribution in [0.1, 0.15) is 30.8 Å². The van der Waals surface area contributed by atoms with Crippen molar-refractivity contribution in [2.75, 3.05) is 6.61 Å². The second kappa shape index (κ2) is 6.58. The number of hydrogen-bond donors (Lipinski definition) is 2. The van der Waals surface area contributed by atoms with Gasteiger partial charge in [-0.05, 0) is 25.5 Å². The largest absolute Gasteiger partial charge is 0.482 e. The number of hydrogen-bond acceptors (Lipinski definition) is 4. The Bertz CT molecular complexity index is 417. The Labute approximate surface area is 105 Å². The number of ether oxygens (including phenoxy) is 1. The molecule has 0 fully saturated rings. The predicted molar refractivity (Wildman–Crippen MR) is 64.6 cm³/mol. The first-order valence-electron chi connectivity index (χ1n) is 5.64. The lowest BCUT2D eigenvalue weighted by atomic mass is 10.2. The number of aromatic nitrogens is 1. The zero-order valence-corrected chi connectivity index (χ0v) is 10.3. The van der Waals surface area contributed by atoms with E-state index in [1.165, 1.54) is 18.3 Å². The molecule has 1 amide bonds. The summed E-state index contributed by atoms with van der Waals surface area (Å²) in [7, 11) is 0. The van der Waals surface area contributed by atoms with E-state index in [1.807, 2.05) is 13.8 Å². The van der Waals surface area contributed by atoms with E-state index in [1.54, 1.807) is 0 Å². The SMILES string of the molecule is CCC(C)NC(=O)COc1ccc(C(=O)O)nc1. The van der Waals surface area contributed by atoms with Gasteiger partial charge in [0.15, 0.2) is 6.61 Å². The zero-order chi connectivity index (χ0) is 13.5. The van der Waals surface area contributed by atoms with Gasteiger partial charge >= 0.3 is 5.97 Å². The molecule has 0 bridgehead atoms. The van der Waals surface area contributed by atoms with Crippen LogP contribution in [0.25, 0.3) is 0 Å². The zero-order valence-electron chi connectivity index (χ0n) is 10.3. The van der Waals surface area contributed by atoms with Gasteiger partial charge in [0.25, 0.3) is 5.91 Å². The van der Waals surface area contributed by atoms with Crippen molar-refractivity contribution in [2.24, 2.45) is 0 Å². The fourth-order valence-electron chi connectivity index (χ4n) is 1.16. The maximum Gasteiger partial charge on any atom is 0.354 e. The van der Waals surface area contributed by atoms with Crippen LogP contribution in [0.15, 0.2) is 18.3 Å². The average Bonchev–Trinajstić information content (AvgIpc) is 2.36. The molecule has 1 unspecified atom stereocenters. The minimum Gasteiger partial charge on any atom is -0.482 e. The molecule has 2 N–H and O–H groups in total. The Morgan fingerprint density at radius 2 is 2.22 bits per heavy atom. The average molecular weight is 252 g/mol. The highest BCUT2D eigenvalue weighted by Crippen LogP contribution is 2.08. The number of rotatable bonds is 6. The van der Waals surface area contributed by atoms with E-state index in [4.69, 9.17) is 9.84 Å². The Hall–Kier alpha value is -2.11. The van der Waals surface area contributed by atoms with Crippen molar-refractivity contribution in [3.8, 4) is 5.75 Å². The van der Waals surface area contributed by atoms with Crippen molar-refractivity contribution in [2.45, 2.75) is 26.3 Å². The second-order valence-electron chi connectivity index (χ2n) is 3.85. The van der Waals surface area contributed by atoms with Crippen molar-refractivity contribution < 1.29 is 19.4 Å². The van der Waals surface area contributed by atoms with Crippen LogP contribution in [-0.2, 0) is 4.79 Å². The Morgan fingerprint density at radius 1 is 1.50 bits per heavy atom. The number of nitrogens with zero attached hydrogens (tertiary/aromatic N) is 1. The standard InChI is InChI=1S/C12H16N2O4/c1-3-8(2)14-11(15)7-18-9-4-5-10(12(16)17)13-6-9/h4-6,8H,3,7H2,1-2H3,(H,14,15)(H,16,17). The maximum absolute atomic E-state index is 11.4. The first-order valence-corrected chi connectivity index (χ1v) is 5.64. The lowest BCUT2D eigenvalue weighted by Crippen LogP contribution is -2.35. The first-order chi connectivity index (χ1) is 8.52. The van der Waals surface area contributed by atoms with E-state index in [0.717, 1.165) is 6.42 Å². The summed E-state index contributed by atoms with van der Waals surface area (Å²) in [6.45, 7) is 3.76. The third-order valence-electron chi connectivity index (χ3n) is 2.35. The molecule has 0 spiro atoms. The van der Waals surface area contributed by atoms with Crippen molar-refractivity contribution in [1.29, 1.82) is 0 Å². The summed E-state index contributed by atoms with van der Waals surface area (Å²) in [6.07, 6.45) is 2.13. The fraction of sp³-hybridized carbons (Fsp3) is 0.417. The molecule has 0 aliphatic heterocycles. The lowest BCUT2D eigenvalue weighted by Gasteiger charge is -2.11. The minimum absolute atomic E-state index is 0.0635. The predicted octanol–water partition coefficient (Wildman–Crippen LogP) is 1.07. The minimum atomic E-state index is -1.10. The highest BCUT2D eigenvalue weighted by molar-refractivity contribution is 5.85. The van der Waals surface area contributed by atoms with Gasteiger partial charge in [-0.2, -0.15) is 0 Å². The van der Waals surface area contributed by atoms with Crippen molar-refractivity contribution in [3.05, 3.63) is 24.0 Å². The van der Waals surface area contributed by atoms with Crippen molar-refractivity contribution >= 4 is 11.9 Å². The molecule has 1 rings (SSSR count). The van der Waals surface area contributed by atoms with Crippen LogP contribution in [0, 0.1) is 0 Å². The summed E-state index contributed by atoms with van der Waals surface area (Å²) in [5, 5.41) is 11.4. The number of nitrogens with one attached hydrogen (secondary N) is 1. The van der Waals surface area contributed by atoms with Gasteiger partial charge in [0.2, 0.25) is 0 Å². The van der Waals surface area contributed by atoms with Crippen LogP contribution in [0.5, 0.6) is 5.75 Å². The third-order valence-corrected chi connectivity index (χ3v) is 2.35. The van der Waals surface area contributed by atoms with Gasteiger partial charge in [-0.25, -0.2) is 9.78 Å². The van der Waals surface area contributed by atoms with E-state index in [9.17, 15) is 9.59 Å². The first kappa shape index (κ1) is 14.0. The maximum atomic E-state index is 11.4. The highest BCUT2D eigenvalue weighted by Gasteiger charge is 2.07. The van der Waals surface area contributed by atoms with E-state index in [-0.39, 0.29) is 24.2 Å². The number of carboxylic acids is 1. The monoisotopic (exact) mass is 252 g/mol. The molecule has 0 radical (unpaired) electrons. The number of aromatic carboxylic acids is 1. The molecule has 0 saturated heterocycles. The van der Waals surface area contributed by atoms with Gasteiger partial charge in [0.1, 0.15) is 11.4 Å². The molecule has 1 atom stereocenters. The molecule has 1 aromatic rings. The van der Waals surface area contributed by atoms with Gasteiger partial charge in [-0.3, -0.25) is 4.79 Å².